The van der Waals surface area contributed by atoms with Gasteiger partial charge in [0.1, 0.15) is 11.0 Å². The maximum atomic E-state index is 13.0. The van der Waals surface area contributed by atoms with E-state index < -0.39 is 0 Å². The largest absolute Gasteiger partial charge is 0.345 e. The van der Waals surface area contributed by atoms with Gasteiger partial charge in [0.25, 0.3) is 0 Å². The van der Waals surface area contributed by atoms with Gasteiger partial charge in [0, 0.05) is 23.0 Å². The van der Waals surface area contributed by atoms with Crippen LogP contribution in [-0.4, -0.2) is 12.0 Å². The molecule has 0 fully saturated rings. The summed E-state index contributed by atoms with van der Waals surface area (Å²) in [5.41, 5.74) is 1.77. The number of aromatic nitrogens is 1. The Morgan fingerprint density at radius 2 is 2.29 bits per heavy atom. The van der Waals surface area contributed by atoms with Crippen LogP contribution in [-0.2, 0) is 6.54 Å². The summed E-state index contributed by atoms with van der Waals surface area (Å²) < 4.78 is 13.0. The summed E-state index contributed by atoms with van der Waals surface area (Å²) in [6.45, 7) is 0.627. The number of H-pyrrole nitrogens is 1. The molecule has 4 heteroatoms. The Morgan fingerprint density at radius 3 is 3.00 bits per heavy atom. The molecule has 2 N–H and O–H groups in total. The molecule has 1 heterocycles. The fourth-order valence-corrected chi connectivity index (χ4v) is 1.81. The Labute approximate surface area is 86.1 Å². The van der Waals surface area contributed by atoms with Gasteiger partial charge in [0.05, 0.1) is 0 Å². The van der Waals surface area contributed by atoms with Gasteiger partial charge in [-0.25, -0.2) is 4.39 Å². The van der Waals surface area contributed by atoms with Crippen molar-refractivity contribution in [2.24, 2.45) is 0 Å². The van der Waals surface area contributed by atoms with E-state index in [-0.39, 0.29) is 5.82 Å². The minimum absolute atomic E-state index is 0.245. The van der Waals surface area contributed by atoms with Crippen LogP contribution in [0.3, 0.4) is 0 Å². The highest BCUT2D eigenvalue weighted by Crippen LogP contribution is 2.26. The molecule has 2 nitrogen and oxygen atoms in total. The molecule has 2 rings (SSSR count). The molecular formula is C10H10ClFN2. The maximum Gasteiger partial charge on any atom is 0.123 e. The molecule has 0 unspecified atom stereocenters. The number of hydrogen-bond donors (Lipinski definition) is 2. The topological polar surface area (TPSA) is 27.8 Å². The zero-order chi connectivity index (χ0) is 10.1. The lowest BCUT2D eigenvalue weighted by atomic mass is 10.2. The molecular weight excluding hydrogens is 203 g/mol. The molecule has 1 aromatic carbocycles. The second kappa shape index (κ2) is 3.59. The molecule has 0 saturated heterocycles. The van der Waals surface area contributed by atoms with E-state index in [1.54, 1.807) is 6.07 Å². The van der Waals surface area contributed by atoms with Crippen molar-refractivity contribution < 1.29 is 4.39 Å². The fourth-order valence-electron chi connectivity index (χ4n) is 1.54. The molecule has 0 saturated carbocycles. The number of hydrogen-bond acceptors (Lipinski definition) is 1. The lowest BCUT2D eigenvalue weighted by molar-refractivity contribution is 0.629. The SMILES string of the molecule is CNCc1c(Cl)[nH]c2ccc(F)cc12. The second-order valence-electron chi connectivity index (χ2n) is 3.14. The smallest absolute Gasteiger partial charge is 0.123 e. The third-order valence-electron chi connectivity index (χ3n) is 2.17. The van der Waals surface area contributed by atoms with E-state index in [0.717, 1.165) is 16.5 Å². The van der Waals surface area contributed by atoms with Crippen LogP contribution in [0.5, 0.6) is 0 Å². The molecule has 0 radical (unpaired) electrons. The minimum atomic E-state index is -0.245. The molecule has 0 aliphatic heterocycles. The minimum Gasteiger partial charge on any atom is -0.345 e. The summed E-state index contributed by atoms with van der Waals surface area (Å²) in [7, 11) is 1.83. The number of rotatable bonds is 2. The zero-order valence-corrected chi connectivity index (χ0v) is 8.45. The van der Waals surface area contributed by atoms with E-state index in [9.17, 15) is 4.39 Å². The van der Waals surface area contributed by atoms with Gasteiger partial charge in [0.2, 0.25) is 0 Å². The van der Waals surface area contributed by atoms with Gasteiger partial charge < -0.3 is 10.3 Å². The van der Waals surface area contributed by atoms with Crippen LogP contribution < -0.4 is 5.32 Å². The Morgan fingerprint density at radius 1 is 1.50 bits per heavy atom. The first-order valence-electron chi connectivity index (χ1n) is 4.32. The summed E-state index contributed by atoms with van der Waals surface area (Å²) >= 11 is 5.98. The van der Waals surface area contributed by atoms with Gasteiger partial charge in [-0.1, -0.05) is 11.6 Å². The molecule has 0 aliphatic rings. The first kappa shape index (κ1) is 9.49. The van der Waals surface area contributed by atoms with Crippen LogP contribution in [0, 0.1) is 5.82 Å². The first-order valence-corrected chi connectivity index (χ1v) is 4.70. The van der Waals surface area contributed by atoms with Crippen LogP contribution in [0.25, 0.3) is 10.9 Å². The average molecular weight is 213 g/mol. The highest BCUT2D eigenvalue weighted by Gasteiger charge is 2.09. The zero-order valence-electron chi connectivity index (χ0n) is 7.70. The molecule has 2 aromatic rings. The molecule has 74 valence electrons. The molecule has 0 bridgehead atoms. The monoisotopic (exact) mass is 212 g/mol. The van der Waals surface area contributed by atoms with Crippen LogP contribution in [0.4, 0.5) is 4.39 Å². The van der Waals surface area contributed by atoms with E-state index >= 15 is 0 Å². The van der Waals surface area contributed by atoms with E-state index in [1.807, 2.05) is 7.05 Å². The molecule has 0 aliphatic carbocycles. The number of nitrogens with one attached hydrogen (secondary N) is 2. The van der Waals surface area contributed by atoms with E-state index in [2.05, 4.69) is 10.3 Å². The maximum absolute atomic E-state index is 13.0. The Hall–Kier alpha value is -1.06. The Balaban J connectivity index is 2.66. The van der Waals surface area contributed by atoms with Crippen molar-refractivity contribution in [3.05, 3.63) is 34.7 Å². The van der Waals surface area contributed by atoms with Crippen molar-refractivity contribution in [3.63, 3.8) is 0 Å². The lowest BCUT2D eigenvalue weighted by Crippen LogP contribution is -2.04. The number of benzene rings is 1. The van der Waals surface area contributed by atoms with Crippen molar-refractivity contribution in [2.45, 2.75) is 6.54 Å². The van der Waals surface area contributed by atoms with Gasteiger partial charge in [-0.2, -0.15) is 0 Å². The quantitative estimate of drug-likeness (QED) is 0.787. The molecule has 1 aromatic heterocycles. The number of aromatic amines is 1. The average Bonchev–Trinajstić information content (AvgIpc) is 2.45. The third-order valence-corrected chi connectivity index (χ3v) is 2.49. The van der Waals surface area contributed by atoms with E-state index in [4.69, 9.17) is 11.6 Å². The van der Waals surface area contributed by atoms with Crippen molar-refractivity contribution in [1.29, 1.82) is 0 Å². The van der Waals surface area contributed by atoms with Gasteiger partial charge in [-0.3, -0.25) is 0 Å². The molecule has 14 heavy (non-hydrogen) atoms. The fraction of sp³-hybridized carbons (Fsp3) is 0.200. The van der Waals surface area contributed by atoms with Gasteiger partial charge >= 0.3 is 0 Å². The Bertz CT molecular complexity index is 464. The van der Waals surface area contributed by atoms with Crippen LogP contribution in [0.1, 0.15) is 5.56 Å². The van der Waals surface area contributed by atoms with Gasteiger partial charge in [-0.15, -0.1) is 0 Å². The molecule has 0 spiro atoms. The normalized spacial score (nSPS) is 11.1. The summed E-state index contributed by atoms with van der Waals surface area (Å²) in [6, 6.07) is 4.60. The predicted octanol–water partition coefficient (Wildman–Crippen LogP) is 2.68. The van der Waals surface area contributed by atoms with Crippen molar-refractivity contribution in [3.8, 4) is 0 Å². The molecule has 0 amide bonds. The lowest BCUT2D eigenvalue weighted by Gasteiger charge is -1.98. The summed E-state index contributed by atoms with van der Waals surface area (Å²) in [5, 5.41) is 4.40. The Kier molecular flexibility index (Phi) is 2.44. The highest BCUT2D eigenvalue weighted by molar-refractivity contribution is 6.31. The summed E-state index contributed by atoms with van der Waals surface area (Å²) in [4.78, 5) is 3.00. The number of halogens is 2. The van der Waals surface area contributed by atoms with Crippen molar-refractivity contribution >= 4 is 22.5 Å². The van der Waals surface area contributed by atoms with Crippen molar-refractivity contribution in [1.82, 2.24) is 10.3 Å². The second-order valence-corrected chi connectivity index (χ2v) is 3.52. The standard InChI is InChI=1S/C10H10ClFN2/c1-13-5-8-7-4-6(12)2-3-9(7)14-10(8)11/h2-4,13-14H,5H2,1H3. The predicted molar refractivity (Wildman–Crippen MR) is 56.0 cm³/mol. The van der Waals surface area contributed by atoms with E-state index in [1.165, 1.54) is 12.1 Å². The van der Waals surface area contributed by atoms with Gasteiger partial charge in [-0.05, 0) is 25.2 Å². The van der Waals surface area contributed by atoms with Crippen LogP contribution >= 0.6 is 11.6 Å². The summed E-state index contributed by atoms with van der Waals surface area (Å²) in [6.07, 6.45) is 0. The number of fused-ring (bicyclic) bond motifs is 1. The third kappa shape index (κ3) is 1.49. The molecule has 0 atom stereocenters. The highest BCUT2D eigenvalue weighted by atomic mass is 35.5. The van der Waals surface area contributed by atoms with Crippen LogP contribution in [0.15, 0.2) is 18.2 Å². The van der Waals surface area contributed by atoms with E-state index in [0.29, 0.717) is 11.7 Å². The summed E-state index contributed by atoms with van der Waals surface area (Å²) in [5.74, 6) is -0.245. The van der Waals surface area contributed by atoms with Crippen molar-refractivity contribution in [2.75, 3.05) is 7.05 Å². The van der Waals surface area contributed by atoms with Gasteiger partial charge in [0.15, 0.2) is 0 Å². The first-order chi connectivity index (χ1) is 6.72. The van der Waals surface area contributed by atoms with Crippen LogP contribution in [0.2, 0.25) is 5.15 Å².